The molecule has 0 unspecified atom stereocenters. The van der Waals surface area contributed by atoms with E-state index in [2.05, 4.69) is 10.4 Å². The van der Waals surface area contributed by atoms with Crippen molar-refractivity contribution in [1.82, 2.24) is 9.78 Å². The number of aryl methyl sites for hydroxylation is 1. The first-order valence-electron chi connectivity index (χ1n) is 5.47. The van der Waals surface area contributed by atoms with Gasteiger partial charge in [-0.1, -0.05) is 0 Å². The van der Waals surface area contributed by atoms with E-state index in [1.165, 1.54) is 12.1 Å². The SMILES string of the molecule is Cn1cc(C=CC(=O)Nc2ccc(F)c(F)c2)cn1. The van der Waals surface area contributed by atoms with Crippen LogP contribution in [0.4, 0.5) is 14.5 Å². The number of halogens is 2. The van der Waals surface area contributed by atoms with Crippen LogP contribution in [0.1, 0.15) is 5.56 Å². The molecule has 0 radical (unpaired) electrons. The molecule has 0 spiro atoms. The molecule has 0 aliphatic heterocycles. The maximum atomic E-state index is 12.9. The Morgan fingerprint density at radius 1 is 1.37 bits per heavy atom. The third kappa shape index (κ3) is 3.48. The summed E-state index contributed by atoms with van der Waals surface area (Å²) >= 11 is 0. The smallest absolute Gasteiger partial charge is 0.248 e. The van der Waals surface area contributed by atoms with Crippen LogP contribution < -0.4 is 5.32 Å². The number of nitrogens with zero attached hydrogens (tertiary/aromatic N) is 2. The van der Waals surface area contributed by atoms with Gasteiger partial charge < -0.3 is 5.32 Å². The normalized spacial score (nSPS) is 10.9. The van der Waals surface area contributed by atoms with Gasteiger partial charge in [-0.25, -0.2) is 8.78 Å². The Bertz CT molecular complexity index is 635. The molecule has 1 aromatic carbocycles. The van der Waals surface area contributed by atoms with Crippen molar-refractivity contribution in [2.75, 3.05) is 5.32 Å². The average molecular weight is 263 g/mol. The van der Waals surface area contributed by atoms with Crippen LogP contribution in [-0.4, -0.2) is 15.7 Å². The van der Waals surface area contributed by atoms with E-state index in [4.69, 9.17) is 0 Å². The molecule has 1 aromatic heterocycles. The fourth-order valence-corrected chi connectivity index (χ4v) is 1.46. The van der Waals surface area contributed by atoms with Gasteiger partial charge in [0.1, 0.15) is 0 Å². The van der Waals surface area contributed by atoms with Crippen molar-refractivity contribution >= 4 is 17.7 Å². The van der Waals surface area contributed by atoms with Crippen molar-refractivity contribution in [3.05, 3.63) is 53.9 Å². The van der Waals surface area contributed by atoms with E-state index >= 15 is 0 Å². The Labute approximate surface area is 108 Å². The Morgan fingerprint density at radius 2 is 2.16 bits per heavy atom. The highest BCUT2D eigenvalue weighted by molar-refractivity contribution is 6.01. The van der Waals surface area contributed by atoms with E-state index < -0.39 is 17.5 Å². The number of carbonyl (C=O) groups excluding carboxylic acids is 1. The van der Waals surface area contributed by atoms with E-state index in [1.54, 1.807) is 30.2 Å². The van der Waals surface area contributed by atoms with Crippen molar-refractivity contribution in [2.24, 2.45) is 7.05 Å². The second kappa shape index (κ2) is 5.43. The van der Waals surface area contributed by atoms with Gasteiger partial charge in [-0.05, 0) is 18.2 Å². The molecular weight excluding hydrogens is 252 g/mol. The minimum atomic E-state index is -1.01. The predicted octanol–water partition coefficient (Wildman–Crippen LogP) is 2.35. The van der Waals surface area contributed by atoms with Crippen LogP contribution in [0.15, 0.2) is 36.7 Å². The molecule has 6 heteroatoms. The zero-order valence-electron chi connectivity index (χ0n) is 10.1. The number of hydrogen-bond acceptors (Lipinski definition) is 2. The van der Waals surface area contributed by atoms with Crippen molar-refractivity contribution in [3.63, 3.8) is 0 Å². The lowest BCUT2D eigenvalue weighted by Gasteiger charge is -2.02. The van der Waals surface area contributed by atoms with Crippen LogP contribution in [0.2, 0.25) is 0 Å². The van der Waals surface area contributed by atoms with Gasteiger partial charge in [0.2, 0.25) is 5.91 Å². The minimum absolute atomic E-state index is 0.194. The minimum Gasteiger partial charge on any atom is -0.322 e. The van der Waals surface area contributed by atoms with E-state index in [1.807, 2.05) is 0 Å². The summed E-state index contributed by atoms with van der Waals surface area (Å²) in [7, 11) is 1.76. The lowest BCUT2D eigenvalue weighted by Crippen LogP contribution is -2.08. The van der Waals surface area contributed by atoms with Gasteiger partial charge in [-0.2, -0.15) is 5.10 Å². The Kier molecular flexibility index (Phi) is 3.70. The van der Waals surface area contributed by atoms with E-state index in [0.29, 0.717) is 0 Å². The van der Waals surface area contributed by atoms with E-state index in [9.17, 15) is 13.6 Å². The molecule has 19 heavy (non-hydrogen) atoms. The number of amides is 1. The number of hydrogen-bond donors (Lipinski definition) is 1. The van der Waals surface area contributed by atoms with Gasteiger partial charge in [0.15, 0.2) is 11.6 Å². The summed E-state index contributed by atoms with van der Waals surface area (Å²) in [6.45, 7) is 0. The molecule has 2 aromatic rings. The lowest BCUT2D eigenvalue weighted by molar-refractivity contribution is -0.111. The summed E-state index contributed by atoms with van der Waals surface area (Å²) in [5.74, 6) is -2.40. The summed E-state index contributed by atoms with van der Waals surface area (Å²) in [5.41, 5.74) is 0.961. The maximum absolute atomic E-state index is 12.9. The van der Waals surface area contributed by atoms with Crippen LogP contribution >= 0.6 is 0 Å². The molecule has 0 atom stereocenters. The first kappa shape index (κ1) is 12.9. The number of nitrogens with one attached hydrogen (secondary N) is 1. The molecule has 1 amide bonds. The Balaban J connectivity index is 2.01. The molecule has 4 nitrogen and oxygen atoms in total. The van der Waals surface area contributed by atoms with Crippen molar-refractivity contribution in [3.8, 4) is 0 Å². The van der Waals surface area contributed by atoms with Crippen LogP contribution in [-0.2, 0) is 11.8 Å². The number of carbonyl (C=O) groups is 1. The van der Waals surface area contributed by atoms with Gasteiger partial charge in [0.25, 0.3) is 0 Å². The third-order valence-electron chi connectivity index (χ3n) is 2.34. The standard InChI is InChI=1S/C13H11F2N3O/c1-18-8-9(7-16-18)2-5-13(19)17-10-3-4-11(14)12(15)6-10/h2-8H,1H3,(H,17,19). The molecule has 0 saturated carbocycles. The van der Waals surface area contributed by atoms with Crippen LogP contribution in [0, 0.1) is 11.6 Å². The predicted molar refractivity (Wildman–Crippen MR) is 67.2 cm³/mol. The van der Waals surface area contributed by atoms with Gasteiger partial charge in [-0.15, -0.1) is 0 Å². The second-order valence-electron chi connectivity index (χ2n) is 3.90. The van der Waals surface area contributed by atoms with Gasteiger partial charge in [0, 0.05) is 36.6 Å². The zero-order valence-corrected chi connectivity index (χ0v) is 10.1. The Hall–Kier alpha value is -2.50. The summed E-state index contributed by atoms with van der Waals surface area (Å²) in [5, 5.41) is 6.37. The number of benzene rings is 1. The van der Waals surface area contributed by atoms with Crippen molar-refractivity contribution in [2.45, 2.75) is 0 Å². The average Bonchev–Trinajstić information content (AvgIpc) is 2.77. The number of anilines is 1. The second-order valence-corrected chi connectivity index (χ2v) is 3.90. The monoisotopic (exact) mass is 263 g/mol. The molecular formula is C13H11F2N3O. The lowest BCUT2D eigenvalue weighted by atomic mass is 10.3. The van der Waals surface area contributed by atoms with Crippen molar-refractivity contribution < 1.29 is 13.6 Å². The topological polar surface area (TPSA) is 46.9 Å². The number of rotatable bonds is 3. The fourth-order valence-electron chi connectivity index (χ4n) is 1.46. The maximum Gasteiger partial charge on any atom is 0.248 e. The molecule has 98 valence electrons. The molecule has 0 fully saturated rings. The highest BCUT2D eigenvalue weighted by Crippen LogP contribution is 2.13. The summed E-state index contributed by atoms with van der Waals surface area (Å²) in [4.78, 5) is 11.5. The van der Waals surface area contributed by atoms with Crippen LogP contribution in [0.3, 0.4) is 0 Å². The molecule has 0 bridgehead atoms. The van der Waals surface area contributed by atoms with E-state index in [0.717, 1.165) is 17.7 Å². The largest absolute Gasteiger partial charge is 0.322 e. The van der Waals surface area contributed by atoms with Gasteiger partial charge in [-0.3, -0.25) is 9.48 Å². The molecule has 0 aliphatic rings. The highest BCUT2D eigenvalue weighted by atomic mass is 19.2. The van der Waals surface area contributed by atoms with Gasteiger partial charge >= 0.3 is 0 Å². The zero-order chi connectivity index (χ0) is 13.8. The van der Waals surface area contributed by atoms with E-state index in [-0.39, 0.29) is 5.69 Å². The van der Waals surface area contributed by atoms with Crippen LogP contribution in [0.25, 0.3) is 6.08 Å². The first-order valence-corrected chi connectivity index (χ1v) is 5.47. The molecule has 0 saturated heterocycles. The fraction of sp³-hybridized carbons (Fsp3) is 0.0769. The Morgan fingerprint density at radius 3 is 2.79 bits per heavy atom. The van der Waals surface area contributed by atoms with Gasteiger partial charge in [0.05, 0.1) is 6.20 Å². The first-order chi connectivity index (χ1) is 9.04. The quantitative estimate of drug-likeness (QED) is 0.864. The summed E-state index contributed by atoms with van der Waals surface area (Å²) < 4.78 is 27.2. The molecule has 1 N–H and O–H groups in total. The molecule has 0 aliphatic carbocycles. The molecule has 2 rings (SSSR count). The third-order valence-corrected chi connectivity index (χ3v) is 2.34. The summed E-state index contributed by atoms with van der Waals surface area (Å²) in [6, 6.07) is 3.16. The summed E-state index contributed by atoms with van der Waals surface area (Å²) in [6.07, 6.45) is 6.20. The van der Waals surface area contributed by atoms with Crippen LogP contribution in [0.5, 0.6) is 0 Å². The molecule has 1 heterocycles. The van der Waals surface area contributed by atoms with Crippen molar-refractivity contribution in [1.29, 1.82) is 0 Å². The highest BCUT2D eigenvalue weighted by Gasteiger charge is 2.04. The number of aromatic nitrogens is 2.